The maximum atomic E-state index is 13.6. The zero-order valence-corrected chi connectivity index (χ0v) is 32.9. The monoisotopic (exact) mass is 761 g/mol. The second-order valence-corrected chi connectivity index (χ2v) is 18.0. The van der Waals surface area contributed by atoms with Gasteiger partial charge in [-0.15, -0.1) is 0 Å². The molecule has 1 atom stereocenters. The van der Waals surface area contributed by atoms with E-state index in [1.807, 2.05) is 30.3 Å². The molecule has 4 heterocycles. The summed E-state index contributed by atoms with van der Waals surface area (Å²) in [6.45, 7) is 10.7. The van der Waals surface area contributed by atoms with E-state index in [2.05, 4.69) is 40.9 Å². The van der Waals surface area contributed by atoms with Crippen molar-refractivity contribution in [1.82, 2.24) is 32.6 Å². The van der Waals surface area contributed by atoms with Crippen molar-refractivity contribution in [3.63, 3.8) is 0 Å². The lowest BCUT2D eigenvalue weighted by molar-refractivity contribution is 0.175. The molecule has 2 aliphatic heterocycles. The fourth-order valence-electron chi connectivity index (χ4n) is 8.00. The molecule has 0 amide bonds. The number of imidazole rings is 2. The molecule has 0 spiro atoms. The normalized spacial score (nSPS) is 17.2. The fraction of sp³-hybridized carbons (Fsp3) is 0.487. The summed E-state index contributed by atoms with van der Waals surface area (Å²) in [4.78, 5) is 13.0. The zero-order chi connectivity index (χ0) is 37.3. The molecule has 3 aromatic carbocycles. The van der Waals surface area contributed by atoms with Gasteiger partial charge in [0.2, 0.25) is 20.0 Å². The highest BCUT2D eigenvalue weighted by Crippen LogP contribution is 2.33. The molecule has 7 rings (SSSR count). The fourth-order valence-corrected chi connectivity index (χ4v) is 11.1. The van der Waals surface area contributed by atoms with E-state index in [0.29, 0.717) is 63.4 Å². The first-order valence-corrected chi connectivity index (χ1v) is 21.8. The molecule has 0 unspecified atom stereocenters. The van der Waals surface area contributed by atoms with E-state index in [-0.39, 0.29) is 15.8 Å². The predicted molar refractivity (Wildman–Crippen MR) is 207 cm³/mol. The van der Waals surface area contributed by atoms with Gasteiger partial charge in [0, 0.05) is 50.9 Å². The number of hydrogen-bond donors (Lipinski definition) is 0. The largest absolute Gasteiger partial charge is 0.496 e. The summed E-state index contributed by atoms with van der Waals surface area (Å²) >= 11 is 0. The van der Waals surface area contributed by atoms with Crippen LogP contribution in [-0.4, -0.2) is 82.7 Å². The minimum Gasteiger partial charge on any atom is -0.496 e. The molecule has 14 heteroatoms. The summed E-state index contributed by atoms with van der Waals surface area (Å²) in [7, 11) is -5.56. The van der Waals surface area contributed by atoms with E-state index >= 15 is 0 Å². The van der Waals surface area contributed by atoms with Crippen LogP contribution in [0.4, 0.5) is 0 Å². The minimum absolute atomic E-state index is 0.133. The average Bonchev–Trinajstić information content (AvgIpc) is 3.73. The van der Waals surface area contributed by atoms with Crippen LogP contribution in [-0.2, 0) is 46.2 Å². The number of benzene rings is 3. The molecule has 0 radical (unpaired) electrons. The highest BCUT2D eigenvalue weighted by molar-refractivity contribution is 7.89. The number of ether oxygens (including phenoxy) is 1. The van der Waals surface area contributed by atoms with Crippen molar-refractivity contribution in [3.8, 4) is 5.75 Å². The first-order valence-electron chi connectivity index (χ1n) is 18.9. The highest BCUT2D eigenvalue weighted by Gasteiger charge is 2.30. The zero-order valence-electron chi connectivity index (χ0n) is 31.2. The first-order chi connectivity index (χ1) is 25.6. The molecule has 5 aromatic rings. The van der Waals surface area contributed by atoms with Crippen LogP contribution in [0.25, 0.3) is 22.1 Å². The van der Waals surface area contributed by atoms with Gasteiger partial charge >= 0.3 is 0 Å². The number of piperidine rings is 2. The van der Waals surface area contributed by atoms with E-state index in [0.717, 1.165) is 72.5 Å². The van der Waals surface area contributed by atoms with Crippen molar-refractivity contribution in [1.29, 1.82) is 0 Å². The molecule has 0 N–H and O–H groups in total. The smallest absolute Gasteiger partial charge is 0.243 e. The third kappa shape index (κ3) is 7.23. The van der Waals surface area contributed by atoms with E-state index in [9.17, 15) is 16.8 Å². The van der Waals surface area contributed by atoms with Gasteiger partial charge in [-0.3, -0.25) is 4.90 Å². The van der Waals surface area contributed by atoms with Crippen LogP contribution in [0.3, 0.4) is 0 Å². The van der Waals surface area contributed by atoms with Gasteiger partial charge in [0.05, 0.1) is 52.1 Å². The Morgan fingerprint density at radius 2 is 1.13 bits per heavy atom. The van der Waals surface area contributed by atoms with E-state index in [4.69, 9.17) is 14.7 Å². The van der Waals surface area contributed by atoms with Gasteiger partial charge in [-0.05, 0) is 88.9 Å². The average molecular weight is 762 g/mol. The summed E-state index contributed by atoms with van der Waals surface area (Å²) in [5.74, 6) is 2.40. The number of sulfonamides is 2. The number of hydrogen-bond acceptors (Lipinski definition) is 8. The Bertz CT molecular complexity index is 2170. The molecule has 284 valence electrons. The summed E-state index contributed by atoms with van der Waals surface area (Å²) in [6.07, 6.45) is 5.61. The van der Waals surface area contributed by atoms with Gasteiger partial charge in [-0.1, -0.05) is 31.0 Å². The van der Waals surface area contributed by atoms with Gasteiger partial charge in [0.25, 0.3) is 0 Å². The number of nitrogens with zero attached hydrogens (tertiary/aromatic N) is 7. The second kappa shape index (κ2) is 15.5. The molecule has 0 aliphatic carbocycles. The number of rotatable bonds is 13. The van der Waals surface area contributed by atoms with Gasteiger partial charge in [-0.2, -0.15) is 8.61 Å². The van der Waals surface area contributed by atoms with Crippen molar-refractivity contribution < 1.29 is 21.6 Å². The SMILES string of the molecule is CCn1c(CN(Cc2nc3cc(S(=O)(=O)N4CCCCC4)ccc3n2CC)[C@H](C)c2ccccc2OC)nc2cc(S(=O)(=O)N3CCCCC3)ccc21. The number of methoxy groups -OCH3 is 1. The first kappa shape index (κ1) is 37.5. The molecular weight excluding hydrogens is 711 g/mol. The summed E-state index contributed by atoms with van der Waals surface area (Å²) in [6, 6.07) is 18.5. The lowest BCUT2D eigenvalue weighted by Crippen LogP contribution is -2.35. The Labute approximate surface area is 313 Å². The van der Waals surface area contributed by atoms with Crippen molar-refractivity contribution >= 4 is 42.1 Å². The van der Waals surface area contributed by atoms with Crippen LogP contribution in [0.5, 0.6) is 5.75 Å². The molecule has 2 fully saturated rings. The minimum atomic E-state index is -3.62. The molecule has 2 aliphatic rings. The van der Waals surface area contributed by atoms with Crippen LogP contribution in [0, 0.1) is 0 Å². The number of aromatic nitrogens is 4. The molecule has 0 saturated carbocycles. The Kier molecular flexibility index (Phi) is 11.0. The summed E-state index contributed by atoms with van der Waals surface area (Å²) in [5, 5.41) is 0. The molecular formula is C39H51N7O5S2. The van der Waals surface area contributed by atoms with Gasteiger partial charge in [-0.25, -0.2) is 26.8 Å². The van der Waals surface area contributed by atoms with Crippen LogP contribution >= 0.6 is 0 Å². The van der Waals surface area contributed by atoms with Crippen molar-refractivity contribution in [3.05, 3.63) is 77.9 Å². The quantitative estimate of drug-likeness (QED) is 0.133. The second-order valence-electron chi connectivity index (χ2n) is 14.1. The van der Waals surface area contributed by atoms with E-state index < -0.39 is 20.0 Å². The van der Waals surface area contributed by atoms with Crippen LogP contribution in [0.2, 0.25) is 0 Å². The lowest BCUT2D eigenvalue weighted by atomic mass is 10.1. The van der Waals surface area contributed by atoms with Crippen LogP contribution in [0.1, 0.15) is 82.6 Å². The maximum absolute atomic E-state index is 13.6. The van der Waals surface area contributed by atoms with E-state index in [1.165, 1.54) is 0 Å². The molecule has 53 heavy (non-hydrogen) atoms. The predicted octanol–water partition coefficient (Wildman–Crippen LogP) is 6.55. The lowest BCUT2D eigenvalue weighted by Gasteiger charge is -2.30. The molecule has 12 nitrogen and oxygen atoms in total. The summed E-state index contributed by atoms with van der Waals surface area (Å²) in [5.41, 5.74) is 4.07. The Morgan fingerprint density at radius 1 is 0.679 bits per heavy atom. The third-order valence-corrected chi connectivity index (χ3v) is 14.8. The number of fused-ring (bicyclic) bond motifs is 2. The number of para-hydroxylation sites is 1. The van der Waals surface area contributed by atoms with Crippen LogP contribution in [0.15, 0.2) is 70.5 Å². The van der Waals surface area contributed by atoms with Crippen LogP contribution < -0.4 is 4.74 Å². The van der Waals surface area contributed by atoms with E-state index in [1.54, 1.807) is 40.0 Å². The topological polar surface area (TPSA) is 123 Å². The van der Waals surface area contributed by atoms with Crippen molar-refractivity contribution in [2.75, 3.05) is 33.3 Å². The van der Waals surface area contributed by atoms with Gasteiger partial charge in [0.1, 0.15) is 17.4 Å². The van der Waals surface area contributed by atoms with Gasteiger partial charge in [0.15, 0.2) is 0 Å². The Morgan fingerprint density at radius 3 is 1.57 bits per heavy atom. The maximum Gasteiger partial charge on any atom is 0.243 e. The van der Waals surface area contributed by atoms with Crippen molar-refractivity contribution in [2.24, 2.45) is 0 Å². The Hall–Kier alpha value is -3.82. The Balaban J connectivity index is 1.27. The molecule has 2 aromatic heterocycles. The number of aryl methyl sites for hydroxylation is 2. The molecule has 0 bridgehead atoms. The third-order valence-electron chi connectivity index (χ3n) is 11.0. The standard InChI is InChI=1S/C39H51N7O5S2/c1-5-45-35-19-17-30(52(47,48)43-21-11-7-12-22-43)25-33(35)40-38(45)27-42(29(3)32-15-9-10-16-37(32)51-4)28-39-41-34-26-31(18-20-36(34)46(39)6-2)53(49,50)44-23-13-8-14-24-44/h9-10,15-20,25-26,29H,5-8,11-14,21-24,27-28H2,1-4H3/t29-/m1/s1. The molecule has 2 saturated heterocycles. The van der Waals surface area contributed by atoms with Crippen molar-refractivity contribution in [2.45, 2.75) is 101 Å². The highest BCUT2D eigenvalue weighted by atomic mass is 32.2. The van der Waals surface area contributed by atoms with Gasteiger partial charge < -0.3 is 13.9 Å². The summed E-state index contributed by atoms with van der Waals surface area (Å²) < 4.78 is 67.7.